The summed E-state index contributed by atoms with van der Waals surface area (Å²) >= 11 is -3.04. The summed E-state index contributed by atoms with van der Waals surface area (Å²) < 4.78 is 4.23. The van der Waals surface area contributed by atoms with Crippen molar-refractivity contribution in [3.63, 3.8) is 0 Å². The summed E-state index contributed by atoms with van der Waals surface area (Å²) in [4.78, 5) is 37.4. The number of rotatable bonds is 12. The minimum absolute atomic E-state index is 0.0271. The Morgan fingerprint density at radius 2 is 1.50 bits per heavy atom. The molecule has 2 rings (SSSR count). The van der Waals surface area contributed by atoms with Gasteiger partial charge in [0.15, 0.2) is 0 Å². The van der Waals surface area contributed by atoms with Crippen LogP contribution in [0.2, 0.25) is 13.3 Å². The van der Waals surface area contributed by atoms with Crippen LogP contribution in [-0.2, 0) is 14.4 Å². The van der Waals surface area contributed by atoms with Gasteiger partial charge in [-0.05, 0) is 0 Å². The average Bonchev–Trinajstić information content (AvgIpc) is 3.05. The van der Waals surface area contributed by atoms with Crippen LogP contribution in [0.1, 0.15) is 72.1 Å². The van der Waals surface area contributed by atoms with Crippen molar-refractivity contribution in [2.45, 2.75) is 91.6 Å². The molecule has 1 N–H and O–H groups in total. The Hall–Kier alpha value is -1.35. The minimum atomic E-state index is -3.04. The molecule has 2 aliphatic rings. The maximum atomic E-state index is 13.1. The van der Waals surface area contributed by atoms with E-state index in [0.717, 1.165) is 60.3 Å². The Kier molecular flexibility index (Phi) is 9.40. The number of carboxylic acid groups (broad SMARTS) is 1. The Bertz CT molecular complexity index is 681. The molecule has 8 heteroatoms. The molecule has 168 valence electrons. The van der Waals surface area contributed by atoms with Gasteiger partial charge < -0.3 is 0 Å². The predicted molar refractivity (Wildman–Crippen MR) is 119 cm³/mol. The van der Waals surface area contributed by atoms with Crippen LogP contribution in [0.15, 0.2) is 21.4 Å². The monoisotopic (exact) mass is 527 g/mol. The summed E-state index contributed by atoms with van der Waals surface area (Å²) in [5.74, 6) is -2.19. The molecule has 0 saturated carbocycles. The summed E-state index contributed by atoms with van der Waals surface area (Å²) in [5.41, 5.74) is -0.142. The number of unbranched alkanes of at least 4 members (excludes halogenated alkanes) is 3. The molecule has 7 nitrogen and oxygen atoms in total. The molecule has 1 fully saturated rings. The molecule has 0 aromatic rings. The van der Waals surface area contributed by atoms with Crippen LogP contribution in [0.25, 0.3) is 0 Å². The summed E-state index contributed by atoms with van der Waals surface area (Å²) in [7, 11) is 0. The van der Waals surface area contributed by atoms with Crippen LogP contribution in [-0.4, -0.2) is 57.4 Å². The van der Waals surface area contributed by atoms with E-state index in [9.17, 15) is 24.7 Å². The molecule has 0 radical (unpaired) electrons. The van der Waals surface area contributed by atoms with Crippen molar-refractivity contribution in [2.75, 3.05) is 0 Å². The van der Waals surface area contributed by atoms with Crippen molar-refractivity contribution >= 4 is 36.2 Å². The quantitative estimate of drug-likeness (QED) is 0.296. The van der Waals surface area contributed by atoms with Crippen molar-refractivity contribution in [1.29, 1.82) is 0 Å². The molecule has 0 aliphatic carbocycles. The molecule has 1 atom stereocenters. The predicted octanol–water partition coefficient (Wildman–Crippen LogP) is 4.56. The molecular formula is C22H35N2O5Sn-. The van der Waals surface area contributed by atoms with Gasteiger partial charge in [-0.25, -0.2) is 0 Å². The second-order valence-corrected chi connectivity index (χ2v) is 21.7. The first-order valence-electron chi connectivity index (χ1n) is 11.3. The van der Waals surface area contributed by atoms with E-state index in [1.165, 1.54) is 6.20 Å². The van der Waals surface area contributed by atoms with Crippen molar-refractivity contribution < 1.29 is 19.5 Å². The molecule has 0 aromatic heterocycles. The molecule has 2 amide bonds. The zero-order valence-corrected chi connectivity index (χ0v) is 21.3. The number of imide groups is 1. The van der Waals surface area contributed by atoms with Crippen molar-refractivity contribution in [3.05, 3.63) is 26.6 Å². The van der Waals surface area contributed by atoms with Gasteiger partial charge in [0.2, 0.25) is 0 Å². The Balaban J connectivity index is 2.50. The zero-order chi connectivity index (χ0) is 22.3. The fraction of sp³-hybridized carbons (Fsp3) is 0.682. The number of allylic oxidation sites excluding steroid dienone is 2. The third-order valence-electron chi connectivity index (χ3n) is 6.32. The fourth-order valence-corrected chi connectivity index (χ4v) is 20.5. The summed E-state index contributed by atoms with van der Waals surface area (Å²) in [6, 6.07) is 0. The van der Waals surface area contributed by atoms with E-state index >= 15 is 0 Å². The second kappa shape index (κ2) is 11.3. The molecule has 2 heterocycles. The Morgan fingerprint density at radius 3 is 1.90 bits per heavy atom. The number of carbonyl (C=O) groups excluding carboxylic acids is 2. The summed E-state index contributed by atoms with van der Waals surface area (Å²) in [6.07, 6.45) is 8.33. The van der Waals surface area contributed by atoms with Gasteiger partial charge in [0.1, 0.15) is 0 Å². The Labute approximate surface area is 183 Å². The second-order valence-electron chi connectivity index (χ2n) is 8.47. The maximum absolute atomic E-state index is 13.1. The van der Waals surface area contributed by atoms with Gasteiger partial charge in [0.25, 0.3) is 0 Å². The number of amides is 2. The van der Waals surface area contributed by atoms with Crippen LogP contribution >= 0.6 is 0 Å². The van der Waals surface area contributed by atoms with Crippen molar-refractivity contribution in [3.8, 4) is 0 Å². The molecule has 1 unspecified atom stereocenters. The topological polar surface area (TPSA) is 101 Å². The molecule has 0 bridgehead atoms. The van der Waals surface area contributed by atoms with Crippen LogP contribution in [0.4, 0.5) is 0 Å². The molecule has 2 aliphatic heterocycles. The van der Waals surface area contributed by atoms with Crippen molar-refractivity contribution in [2.24, 2.45) is 0 Å². The number of hydroxylamine groups is 2. The van der Waals surface area contributed by atoms with E-state index in [1.807, 2.05) is 0 Å². The van der Waals surface area contributed by atoms with Gasteiger partial charge in [0, 0.05) is 0 Å². The number of hydrogen-bond donors (Lipinski definition) is 1. The third-order valence-corrected chi connectivity index (χ3v) is 21.8. The van der Waals surface area contributed by atoms with E-state index in [0.29, 0.717) is 5.06 Å². The number of hydrogen-bond acceptors (Lipinski definition) is 5. The van der Waals surface area contributed by atoms with Crippen LogP contribution < -0.4 is 0 Å². The summed E-state index contributed by atoms with van der Waals surface area (Å²) in [5, 5.41) is 23.5. The molecule has 30 heavy (non-hydrogen) atoms. The number of likely N-dealkylation sites (tertiary alicyclic amines) is 1. The van der Waals surface area contributed by atoms with E-state index in [2.05, 4.69) is 20.8 Å². The van der Waals surface area contributed by atoms with E-state index in [4.69, 9.17) is 0 Å². The van der Waals surface area contributed by atoms with E-state index < -0.39 is 42.3 Å². The normalized spacial score (nSPS) is 19.9. The SMILES string of the molecule is CCC[CH2][Sn]([CH2]CCC)([CH2]CCC)[C]1=CN([O-])C(N2C(=O)CCC2=O)C(C(=O)O)=C1. The first kappa shape index (κ1) is 24.9. The van der Waals surface area contributed by atoms with Gasteiger partial charge in [-0.1, -0.05) is 0 Å². The molecule has 0 aromatic carbocycles. The van der Waals surface area contributed by atoms with Gasteiger partial charge in [-0.3, -0.25) is 0 Å². The van der Waals surface area contributed by atoms with Crippen LogP contribution in [0.5, 0.6) is 0 Å². The third kappa shape index (κ3) is 5.46. The zero-order valence-electron chi connectivity index (χ0n) is 18.5. The van der Waals surface area contributed by atoms with Crippen molar-refractivity contribution in [1.82, 2.24) is 9.96 Å². The standard InChI is InChI=1S/C10H8N2O5.3C4H9.Sn/c13-7-3-4-8(14)12(7)9-6(10(15)16)2-1-5-11(9)17;3*1-3-4-2;/h2,5,9H,3-4H2,(H,15,16);3*1,3-4H2,2H3;/q-1;;;;. The molecule has 0 spiro atoms. The first-order valence-corrected chi connectivity index (χ1v) is 18.8. The molecule has 1 saturated heterocycles. The average molecular weight is 526 g/mol. The van der Waals surface area contributed by atoms with Crippen LogP contribution in [0.3, 0.4) is 0 Å². The van der Waals surface area contributed by atoms with Gasteiger partial charge in [0.05, 0.1) is 0 Å². The first-order chi connectivity index (χ1) is 14.3. The van der Waals surface area contributed by atoms with E-state index in [-0.39, 0.29) is 18.4 Å². The summed E-state index contributed by atoms with van der Waals surface area (Å²) in [6.45, 7) is 6.47. The van der Waals surface area contributed by atoms with Crippen LogP contribution in [0, 0.1) is 5.21 Å². The number of carbonyl (C=O) groups is 3. The molecular weight excluding hydrogens is 491 g/mol. The van der Waals surface area contributed by atoms with E-state index in [1.54, 1.807) is 6.08 Å². The number of nitrogens with zero attached hydrogens (tertiary/aromatic N) is 2. The number of aliphatic carboxylic acids is 1. The fourth-order valence-electron chi connectivity index (χ4n) is 4.56. The van der Waals surface area contributed by atoms with Gasteiger partial charge >= 0.3 is 184 Å². The van der Waals surface area contributed by atoms with Gasteiger partial charge in [-0.15, -0.1) is 0 Å². The Morgan fingerprint density at radius 1 is 1.03 bits per heavy atom. The number of carboxylic acids is 1. The van der Waals surface area contributed by atoms with Gasteiger partial charge in [-0.2, -0.15) is 0 Å².